The fraction of sp³-hybridized carbons (Fsp3) is 0.676. The van der Waals surface area contributed by atoms with Crippen LogP contribution in [0.15, 0.2) is 34.4 Å². The Kier molecular flexibility index (Phi) is 37.9. The van der Waals surface area contributed by atoms with Crippen LogP contribution in [0.2, 0.25) is 0 Å². The number of unbranched alkanes of at least 4 members (excludes halogenated alkanes) is 1. The Morgan fingerprint density at radius 2 is 1.45 bits per heavy atom. The molecule has 0 bridgehead atoms. The molecule has 1 saturated heterocycles. The lowest BCUT2D eigenvalue weighted by molar-refractivity contribution is 0.241. The van der Waals surface area contributed by atoms with Crippen molar-refractivity contribution in [1.82, 2.24) is 46.0 Å². The first-order chi connectivity index (χ1) is 24.6. The number of amides is 2. The number of guanidine groups is 1. The molecule has 16 heteroatoms. The van der Waals surface area contributed by atoms with Gasteiger partial charge < -0.3 is 41.0 Å². The molecule has 0 aliphatic carbocycles. The number of rotatable bonds is 11. The Balaban J connectivity index is -0.000000632. The van der Waals surface area contributed by atoms with Crippen LogP contribution in [0.25, 0.3) is 0 Å². The first kappa shape index (κ1) is 54.9. The molecule has 6 N–H and O–H groups in total. The summed E-state index contributed by atoms with van der Waals surface area (Å²) in [6, 6.07) is 8.54. The normalized spacial score (nSPS) is 12.2. The van der Waals surface area contributed by atoms with Crippen LogP contribution in [0.1, 0.15) is 100 Å². The van der Waals surface area contributed by atoms with Crippen molar-refractivity contribution in [2.24, 2.45) is 4.99 Å². The SMILES string of the molecule is C.C.CCCCNC(=O)NCC.CCN1CCCN2CCCN=C12.CCNC(=S)NCC.CCS.CCc1ccc(CSc2nc(=S)[nH]c(=S)[nH]2)cc1. The number of nitrogens with one attached hydrogen (secondary N) is 6. The van der Waals surface area contributed by atoms with E-state index in [1.54, 1.807) is 11.8 Å². The number of thiol groups is 1. The van der Waals surface area contributed by atoms with E-state index in [1.807, 2.05) is 27.7 Å². The van der Waals surface area contributed by atoms with Crippen molar-refractivity contribution in [2.75, 3.05) is 64.7 Å². The van der Waals surface area contributed by atoms with E-state index in [0.717, 1.165) is 73.8 Å². The van der Waals surface area contributed by atoms with E-state index in [0.29, 0.717) is 16.1 Å². The molecule has 0 saturated carbocycles. The molecule has 4 rings (SSSR count). The molecule has 0 spiro atoms. The molecule has 1 fully saturated rings. The lowest BCUT2D eigenvalue weighted by atomic mass is 10.1. The lowest BCUT2D eigenvalue weighted by Crippen LogP contribution is -2.52. The summed E-state index contributed by atoms with van der Waals surface area (Å²) in [5.74, 6) is 3.05. The average Bonchev–Trinajstić information content (AvgIpc) is 3.12. The zero-order chi connectivity index (χ0) is 38.3. The van der Waals surface area contributed by atoms with Crippen LogP contribution in [0.3, 0.4) is 0 Å². The number of H-pyrrole nitrogens is 2. The van der Waals surface area contributed by atoms with Crippen molar-refractivity contribution in [2.45, 2.75) is 106 Å². The van der Waals surface area contributed by atoms with Gasteiger partial charge in [0.05, 0.1) is 0 Å². The van der Waals surface area contributed by atoms with Gasteiger partial charge in [-0.1, -0.05) is 78.1 Å². The van der Waals surface area contributed by atoms with Gasteiger partial charge in [-0.05, 0) is 107 Å². The minimum Gasteiger partial charge on any atom is -0.363 e. The number of thioether (sulfide) groups is 1. The average molecular weight is 833 g/mol. The smallest absolute Gasteiger partial charge is 0.314 e. The van der Waals surface area contributed by atoms with Crippen molar-refractivity contribution in [3.8, 4) is 0 Å². The largest absolute Gasteiger partial charge is 0.363 e. The molecular weight excluding hydrogens is 761 g/mol. The molecule has 53 heavy (non-hydrogen) atoms. The molecule has 306 valence electrons. The zero-order valence-corrected chi connectivity index (χ0v) is 36.1. The van der Waals surface area contributed by atoms with Crippen LogP contribution in [0.4, 0.5) is 4.79 Å². The van der Waals surface area contributed by atoms with Crippen molar-refractivity contribution in [3.63, 3.8) is 0 Å². The molecule has 2 aliphatic heterocycles. The Morgan fingerprint density at radius 3 is 1.98 bits per heavy atom. The third-order valence-corrected chi connectivity index (χ3v) is 8.55. The molecule has 0 atom stereocenters. The van der Waals surface area contributed by atoms with Gasteiger partial charge in [0, 0.05) is 64.7 Å². The standard InChI is InChI=1S/C12H13N3S3.C9H17N3.C7H16N2O.C5H12N2S.C2H6S.2CH4/c1-2-8-3-5-9(6-4-8)7-18-12-14-10(16)13-11(17)15-12;1-2-11-7-4-8-12-6-3-5-10-9(11)12;1-3-5-6-9-7(10)8-4-2;1-3-6-5(8)7-4-2;1-2-3;;/h3-6H,2,7H2,1H3,(H2,13,14,15,16,17);2-8H2,1H3;3-6H2,1-2H3,(H2,8,9,10);3-4H2,1-2H3,(H2,6,7,8);3H,2H2,1H3;2*1H4. The third-order valence-electron chi connectivity index (χ3n) is 6.92. The van der Waals surface area contributed by atoms with E-state index < -0.39 is 0 Å². The summed E-state index contributed by atoms with van der Waals surface area (Å²) in [4.78, 5) is 30.0. The van der Waals surface area contributed by atoms with Crippen LogP contribution in [-0.4, -0.2) is 107 Å². The van der Waals surface area contributed by atoms with Crippen molar-refractivity contribution in [1.29, 1.82) is 0 Å². The Labute approximate surface area is 348 Å². The monoisotopic (exact) mass is 832 g/mol. The Hall–Kier alpha value is -2.40. The summed E-state index contributed by atoms with van der Waals surface area (Å²) in [5.41, 5.74) is 2.61. The number of carbonyl (C=O) groups is 1. The quantitative estimate of drug-likeness (QED) is 0.0512. The van der Waals surface area contributed by atoms with E-state index in [2.05, 4.69) is 109 Å². The van der Waals surface area contributed by atoms with Gasteiger partial charge in [0.15, 0.2) is 21.0 Å². The molecule has 1 aromatic carbocycles. The van der Waals surface area contributed by atoms with Crippen LogP contribution < -0.4 is 21.3 Å². The Bertz CT molecular complexity index is 1300. The number of benzene rings is 1. The second-order valence-corrected chi connectivity index (χ2v) is 13.9. The van der Waals surface area contributed by atoms with Crippen LogP contribution in [0, 0.1) is 9.54 Å². The fourth-order valence-corrected chi connectivity index (χ4v) is 6.14. The number of hydrogen-bond acceptors (Lipinski definition) is 10. The number of aromatic nitrogens is 3. The maximum absolute atomic E-state index is 10.7. The minimum atomic E-state index is -0.0593. The first-order valence-electron chi connectivity index (χ1n) is 18.2. The summed E-state index contributed by atoms with van der Waals surface area (Å²) < 4.78 is 0.932. The third kappa shape index (κ3) is 27.8. The van der Waals surface area contributed by atoms with Gasteiger partial charge in [-0.3, -0.25) is 4.99 Å². The van der Waals surface area contributed by atoms with Crippen molar-refractivity contribution in [3.05, 3.63) is 44.9 Å². The number of aryl methyl sites for hydroxylation is 1. The predicted octanol–water partition coefficient (Wildman–Crippen LogP) is 8.63. The molecular formula is C37H72N10OS5. The molecule has 0 radical (unpaired) electrons. The molecule has 2 amide bonds. The van der Waals surface area contributed by atoms with Crippen molar-refractivity contribution < 1.29 is 4.79 Å². The van der Waals surface area contributed by atoms with Gasteiger partial charge >= 0.3 is 6.03 Å². The summed E-state index contributed by atoms with van der Waals surface area (Å²) in [7, 11) is 0. The van der Waals surface area contributed by atoms with Gasteiger partial charge in [0.25, 0.3) is 0 Å². The van der Waals surface area contributed by atoms with Crippen LogP contribution in [0.5, 0.6) is 0 Å². The number of carbonyl (C=O) groups excluding carboxylic acids is 1. The van der Waals surface area contributed by atoms with E-state index in [9.17, 15) is 4.79 Å². The highest BCUT2D eigenvalue weighted by atomic mass is 32.2. The summed E-state index contributed by atoms with van der Waals surface area (Å²) >= 11 is 20.2. The number of fused-ring (bicyclic) bond motifs is 1. The summed E-state index contributed by atoms with van der Waals surface area (Å²) in [6.07, 6.45) is 5.77. The highest BCUT2D eigenvalue weighted by Crippen LogP contribution is 2.19. The molecule has 2 aliphatic rings. The molecule has 0 unspecified atom stereocenters. The number of urea groups is 1. The lowest BCUT2D eigenvalue weighted by Gasteiger charge is -2.40. The Morgan fingerprint density at radius 1 is 0.868 bits per heavy atom. The molecule has 11 nitrogen and oxygen atoms in total. The van der Waals surface area contributed by atoms with Gasteiger partial charge in [-0.25, -0.2) is 4.79 Å². The van der Waals surface area contributed by atoms with E-state index in [1.165, 1.54) is 49.6 Å². The van der Waals surface area contributed by atoms with Crippen LogP contribution >= 0.6 is 61.0 Å². The number of thiocarbonyl (C=S) groups is 1. The predicted molar refractivity (Wildman–Crippen MR) is 245 cm³/mol. The maximum atomic E-state index is 10.7. The van der Waals surface area contributed by atoms with E-state index >= 15 is 0 Å². The first-order valence-corrected chi connectivity index (χ1v) is 21.1. The number of hydrogen-bond donors (Lipinski definition) is 7. The zero-order valence-electron chi connectivity index (χ0n) is 31.9. The fourth-order valence-electron chi connectivity index (χ4n) is 4.45. The topological polar surface area (TPSA) is 128 Å². The van der Waals surface area contributed by atoms with Crippen LogP contribution in [-0.2, 0) is 12.2 Å². The van der Waals surface area contributed by atoms with Gasteiger partial charge in [0.2, 0.25) is 4.77 Å². The summed E-state index contributed by atoms with van der Waals surface area (Å²) in [6.45, 7) is 23.4. The van der Waals surface area contributed by atoms with E-state index in [4.69, 9.17) is 36.7 Å². The van der Waals surface area contributed by atoms with Gasteiger partial charge in [-0.2, -0.15) is 17.6 Å². The van der Waals surface area contributed by atoms with Crippen molar-refractivity contribution >= 4 is 78.1 Å². The number of aliphatic imine (C=N–C) groups is 1. The molecule has 1 aromatic heterocycles. The maximum Gasteiger partial charge on any atom is 0.314 e. The van der Waals surface area contributed by atoms with Gasteiger partial charge in [0.1, 0.15) is 0 Å². The minimum absolute atomic E-state index is 0. The molecule has 2 aromatic rings. The van der Waals surface area contributed by atoms with Gasteiger partial charge in [-0.15, -0.1) is 0 Å². The second-order valence-electron chi connectivity index (χ2n) is 11.1. The van der Waals surface area contributed by atoms with E-state index in [-0.39, 0.29) is 20.9 Å². The highest BCUT2D eigenvalue weighted by molar-refractivity contribution is 7.98. The number of aromatic amines is 2. The number of nitrogens with zero attached hydrogens (tertiary/aromatic N) is 4. The summed E-state index contributed by atoms with van der Waals surface area (Å²) in [5, 5.41) is 12.8. The molecule has 3 heterocycles. The second kappa shape index (κ2) is 36.6. The highest BCUT2D eigenvalue weighted by Gasteiger charge is 2.23.